The van der Waals surface area contributed by atoms with Gasteiger partial charge in [-0.15, -0.1) is 0 Å². The van der Waals surface area contributed by atoms with Gasteiger partial charge in [-0.3, -0.25) is 0 Å². The smallest absolute Gasteiger partial charge is 0.216 e. The summed E-state index contributed by atoms with van der Waals surface area (Å²) in [6, 6.07) is 9.97. The predicted molar refractivity (Wildman–Crippen MR) is 67.1 cm³/mol. The predicted octanol–water partition coefficient (Wildman–Crippen LogP) is 1.17. The second kappa shape index (κ2) is 5.65. The van der Waals surface area contributed by atoms with Crippen LogP contribution < -0.4 is 4.72 Å². The number of nitrogens with zero attached hydrogens (tertiary/aromatic N) is 2. The van der Waals surface area contributed by atoms with Crippen LogP contribution in [0, 0.1) is 11.3 Å². The van der Waals surface area contributed by atoms with Gasteiger partial charge >= 0.3 is 0 Å². The van der Waals surface area contributed by atoms with Crippen LogP contribution in [0.1, 0.15) is 16.8 Å². The maximum Gasteiger partial charge on any atom is 0.216 e. The van der Waals surface area contributed by atoms with Crippen molar-refractivity contribution in [3.05, 3.63) is 53.4 Å². The molecule has 7 heteroatoms. The van der Waals surface area contributed by atoms with E-state index in [1.165, 1.54) is 6.26 Å². The molecule has 0 radical (unpaired) electrons. The molecule has 6 nitrogen and oxygen atoms in total. The van der Waals surface area contributed by atoms with Gasteiger partial charge in [-0.1, -0.05) is 17.3 Å². The largest absolute Gasteiger partial charge is 0.364 e. The van der Waals surface area contributed by atoms with Gasteiger partial charge in [0.1, 0.15) is 6.26 Å². The second-order valence-electron chi connectivity index (χ2n) is 3.88. The second-order valence-corrected chi connectivity index (χ2v) is 5.69. The number of hydrogen-bond donors (Lipinski definition) is 1. The van der Waals surface area contributed by atoms with Crippen molar-refractivity contribution in [1.29, 1.82) is 5.26 Å². The summed E-state index contributed by atoms with van der Waals surface area (Å²) >= 11 is 0. The fourth-order valence-electron chi connectivity index (χ4n) is 1.46. The molecule has 0 aliphatic heterocycles. The van der Waals surface area contributed by atoms with Crippen molar-refractivity contribution in [3.63, 3.8) is 0 Å². The van der Waals surface area contributed by atoms with Crippen molar-refractivity contribution < 1.29 is 12.9 Å². The Kier molecular flexibility index (Phi) is 3.94. The van der Waals surface area contributed by atoms with Crippen molar-refractivity contribution in [2.45, 2.75) is 12.3 Å². The average molecular weight is 277 g/mol. The lowest BCUT2D eigenvalue weighted by atomic mass is 10.2. The van der Waals surface area contributed by atoms with Crippen LogP contribution in [0.15, 0.2) is 41.1 Å². The molecule has 0 saturated carbocycles. The fraction of sp³-hybridized carbons (Fsp3) is 0.167. The van der Waals surface area contributed by atoms with Gasteiger partial charge in [0.05, 0.1) is 29.6 Å². The lowest BCUT2D eigenvalue weighted by Crippen LogP contribution is -2.24. The number of sulfonamides is 1. The molecule has 0 saturated heterocycles. The quantitative estimate of drug-likeness (QED) is 0.884. The zero-order valence-electron chi connectivity index (χ0n) is 9.91. The van der Waals surface area contributed by atoms with Gasteiger partial charge in [0.25, 0.3) is 0 Å². The topological polar surface area (TPSA) is 96.0 Å². The highest BCUT2D eigenvalue weighted by atomic mass is 32.2. The third-order valence-electron chi connectivity index (χ3n) is 2.40. The minimum atomic E-state index is -3.44. The number of benzene rings is 1. The molecular weight excluding hydrogens is 266 g/mol. The Hall–Kier alpha value is -2.17. The minimum Gasteiger partial charge on any atom is -0.364 e. The molecule has 98 valence electrons. The Balaban J connectivity index is 1.98. The lowest BCUT2D eigenvalue weighted by molar-refractivity contribution is 0.411. The summed E-state index contributed by atoms with van der Waals surface area (Å²) in [6.45, 7) is 0.0924. The van der Waals surface area contributed by atoms with Gasteiger partial charge in [-0.05, 0) is 17.7 Å². The number of hydrogen-bond acceptors (Lipinski definition) is 5. The molecule has 0 atom stereocenters. The molecule has 0 aliphatic carbocycles. The van der Waals surface area contributed by atoms with Crippen molar-refractivity contribution in [2.24, 2.45) is 0 Å². The van der Waals surface area contributed by atoms with Crippen LogP contribution in [0.3, 0.4) is 0 Å². The van der Waals surface area contributed by atoms with E-state index in [1.54, 1.807) is 30.3 Å². The summed E-state index contributed by atoms with van der Waals surface area (Å²) in [5, 5.41) is 12.3. The highest BCUT2D eigenvalue weighted by Crippen LogP contribution is 2.07. The SMILES string of the molecule is N#Cc1ccc(CS(=O)(=O)NCc2ccon2)cc1. The highest BCUT2D eigenvalue weighted by Gasteiger charge is 2.12. The van der Waals surface area contributed by atoms with E-state index in [4.69, 9.17) is 5.26 Å². The zero-order valence-corrected chi connectivity index (χ0v) is 10.7. The molecule has 1 aromatic carbocycles. The van der Waals surface area contributed by atoms with Gasteiger partial charge < -0.3 is 4.52 Å². The molecular formula is C12H11N3O3S. The van der Waals surface area contributed by atoms with Gasteiger partial charge in [0.15, 0.2) is 0 Å². The summed E-state index contributed by atoms with van der Waals surface area (Å²) in [4.78, 5) is 0. The highest BCUT2D eigenvalue weighted by molar-refractivity contribution is 7.88. The van der Waals surface area contributed by atoms with Crippen molar-refractivity contribution in [2.75, 3.05) is 0 Å². The van der Waals surface area contributed by atoms with Gasteiger partial charge in [0, 0.05) is 6.07 Å². The van der Waals surface area contributed by atoms with Crippen molar-refractivity contribution >= 4 is 10.0 Å². The minimum absolute atomic E-state index is 0.0924. The van der Waals surface area contributed by atoms with Crippen LogP contribution in [0.5, 0.6) is 0 Å². The van der Waals surface area contributed by atoms with Crippen LogP contribution in [0.2, 0.25) is 0 Å². The Morgan fingerprint density at radius 1 is 1.26 bits per heavy atom. The monoisotopic (exact) mass is 277 g/mol. The first kappa shape index (κ1) is 13.3. The molecule has 0 unspecified atom stereocenters. The molecule has 1 N–H and O–H groups in total. The van der Waals surface area contributed by atoms with Gasteiger partial charge in [-0.25, -0.2) is 13.1 Å². The maximum atomic E-state index is 11.8. The molecule has 1 aromatic heterocycles. The first-order valence-corrected chi connectivity index (χ1v) is 7.10. The number of nitriles is 1. The Morgan fingerprint density at radius 2 is 2.00 bits per heavy atom. The molecule has 0 fully saturated rings. The van der Waals surface area contributed by atoms with E-state index >= 15 is 0 Å². The molecule has 1 heterocycles. The summed E-state index contributed by atoms with van der Waals surface area (Å²) in [5.41, 5.74) is 1.63. The standard InChI is InChI=1S/C12H11N3O3S/c13-7-10-1-3-11(4-2-10)9-19(16,17)14-8-12-5-6-18-15-12/h1-6,14H,8-9H2. The molecule has 0 spiro atoms. The van der Waals surface area contributed by atoms with Crippen LogP contribution >= 0.6 is 0 Å². The summed E-state index contributed by atoms with van der Waals surface area (Å²) in [7, 11) is -3.44. The number of aromatic nitrogens is 1. The third-order valence-corrected chi connectivity index (χ3v) is 3.70. The molecule has 0 aliphatic rings. The first-order valence-electron chi connectivity index (χ1n) is 5.45. The third kappa shape index (κ3) is 3.91. The Bertz CT molecular complexity index is 670. The number of rotatable bonds is 5. The number of nitrogens with one attached hydrogen (secondary N) is 1. The molecule has 19 heavy (non-hydrogen) atoms. The van der Waals surface area contributed by atoms with Crippen LogP contribution in [-0.4, -0.2) is 13.6 Å². The molecule has 2 aromatic rings. The van der Waals surface area contributed by atoms with Crippen LogP contribution in [0.4, 0.5) is 0 Å². The van der Waals surface area contributed by atoms with E-state index in [-0.39, 0.29) is 12.3 Å². The fourth-order valence-corrected chi connectivity index (χ4v) is 2.56. The van der Waals surface area contributed by atoms with Crippen molar-refractivity contribution in [1.82, 2.24) is 9.88 Å². The van der Waals surface area contributed by atoms with E-state index in [2.05, 4.69) is 14.4 Å². The normalized spacial score (nSPS) is 11.1. The van der Waals surface area contributed by atoms with E-state index in [9.17, 15) is 8.42 Å². The summed E-state index contributed by atoms with van der Waals surface area (Å²) in [6.07, 6.45) is 1.38. The van der Waals surface area contributed by atoms with E-state index in [0.717, 1.165) is 0 Å². The Morgan fingerprint density at radius 3 is 2.58 bits per heavy atom. The Labute approximate surface area is 110 Å². The van der Waals surface area contributed by atoms with E-state index in [0.29, 0.717) is 16.8 Å². The van der Waals surface area contributed by atoms with Crippen LogP contribution in [0.25, 0.3) is 0 Å². The summed E-state index contributed by atoms with van der Waals surface area (Å²) < 4.78 is 30.7. The van der Waals surface area contributed by atoms with E-state index in [1.807, 2.05) is 6.07 Å². The van der Waals surface area contributed by atoms with Crippen LogP contribution in [-0.2, 0) is 22.3 Å². The maximum absolute atomic E-state index is 11.8. The molecule has 0 bridgehead atoms. The van der Waals surface area contributed by atoms with Crippen molar-refractivity contribution in [3.8, 4) is 6.07 Å². The molecule has 0 amide bonds. The van der Waals surface area contributed by atoms with E-state index < -0.39 is 10.0 Å². The molecule has 2 rings (SSSR count). The summed E-state index contributed by atoms with van der Waals surface area (Å²) in [5.74, 6) is -0.142. The zero-order chi connectivity index (χ0) is 13.7. The average Bonchev–Trinajstić information content (AvgIpc) is 2.90. The lowest BCUT2D eigenvalue weighted by Gasteiger charge is -2.05. The van der Waals surface area contributed by atoms with Gasteiger partial charge in [0.2, 0.25) is 10.0 Å². The van der Waals surface area contributed by atoms with Gasteiger partial charge in [-0.2, -0.15) is 5.26 Å². The first-order chi connectivity index (χ1) is 9.09.